The van der Waals surface area contributed by atoms with Gasteiger partial charge in [-0.1, -0.05) is 19.4 Å². The molecule has 2 nitrogen and oxygen atoms in total. The number of benzene rings is 1. The zero-order chi connectivity index (χ0) is 13.1. The Balaban J connectivity index is 2.21. The van der Waals surface area contributed by atoms with Gasteiger partial charge in [-0.05, 0) is 37.8 Å². The first kappa shape index (κ1) is 13.3. The molecule has 0 radical (unpaired) electrons. The van der Waals surface area contributed by atoms with Crippen LogP contribution in [0.15, 0.2) is 18.2 Å². The Labute approximate surface area is 109 Å². The largest absolute Gasteiger partial charge is 0.371 e. The smallest absolute Gasteiger partial charge is 0.130 e. The molecule has 3 heteroatoms. The Bertz CT molecular complexity index is 403. The molecule has 0 aromatic heterocycles. The van der Waals surface area contributed by atoms with E-state index < -0.39 is 0 Å². The van der Waals surface area contributed by atoms with Crippen molar-refractivity contribution in [2.75, 3.05) is 18.0 Å². The summed E-state index contributed by atoms with van der Waals surface area (Å²) >= 11 is 0. The van der Waals surface area contributed by atoms with E-state index in [2.05, 4.69) is 11.8 Å². The Morgan fingerprint density at radius 2 is 2.28 bits per heavy atom. The monoisotopic (exact) mass is 250 g/mol. The predicted octanol–water partition coefficient (Wildman–Crippen LogP) is 3.47. The molecule has 1 fully saturated rings. The highest BCUT2D eigenvalue weighted by Crippen LogP contribution is 2.32. The molecule has 1 aliphatic rings. The Morgan fingerprint density at radius 1 is 1.50 bits per heavy atom. The van der Waals surface area contributed by atoms with Crippen molar-refractivity contribution in [3.8, 4) is 0 Å². The molecule has 18 heavy (non-hydrogen) atoms. The normalized spacial score (nSPS) is 21.3. The van der Waals surface area contributed by atoms with Crippen LogP contribution in [0.4, 0.5) is 10.1 Å². The first-order valence-electron chi connectivity index (χ1n) is 6.92. The van der Waals surface area contributed by atoms with Gasteiger partial charge in [0.05, 0.1) is 0 Å². The van der Waals surface area contributed by atoms with Gasteiger partial charge in [-0.25, -0.2) is 4.39 Å². The van der Waals surface area contributed by atoms with Gasteiger partial charge in [0.25, 0.3) is 0 Å². The maximum absolute atomic E-state index is 13.9. The standard InChI is InChI=1S/C15H23FN2/c1-3-5-12-8-9-18(10-12)14-7-4-6-13(16)15(14)11(2)17/h4,6-7,11-12H,3,5,8-10,17H2,1-2H3/t11-,12?/m1/s1. The van der Waals surface area contributed by atoms with Crippen LogP contribution in [0, 0.1) is 11.7 Å². The summed E-state index contributed by atoms with van der Waals surface area (Å²) in [6.45, 7) is 6.13. The molecule has 1 aliphatic heterocycles. The summed E-state index contributed by atoms with van der Waals surface area (Å²) in [4.78, 5) is 2.29. The number of hydrogen-bond acceptors (Lipinski definition) is 2. The van der Waals surface area contributed by atoms with Gasteiger partial charge >= 0.3 is 0 Å². The third-order valence-electron chi connectivity index (χ3n) is 3.81. The van der Waals surface area contributed by atoms with E-state index in [1.807, 2.05) is 13.0 Å². The van der Waals surface area contributed by atoms with Crippen LogP contribution in [0.2, 0.25) is 0 Å². The molecule has 1 aromatic rings. The molecule has 1 saturated heterocycles. The van der Waals surface area contributed by atoms with Crippen LogP contribution >= 0.6 is 0 Å². The fourth-order valence-corrected chi connectivity index (χ4v) is 2.95. The molecule has 0 aliphatic carbocycles. The summed E-state index contributed by atoms with van der Waals surface area (Å²) in [6, 6.07) is 5.02. The molecule has 2 rings (SSSR count). The lowest BCUT2D eigenvalue weighted by Gasteiger charge is -2.24. The summed E-state index contributed by atoms with van der Waals surface area (Å²) in [5.41, 5.74) is 7.56. The highest BCUT2D eigenvalue weighted by atomic mass is 19.1. The van der Waals surface area contributed by atoms with Crippen LogP contribution < -0.4 is 10.6 Å². The maximum atomic E-state index is 13.9. The first-order chi connectivity index (χ1) is 8.63. The average Bonchev–Trinajstić information content (AvgIpc) is 2.77. The van der Waals surface area contributed by atoms with Crippen molar-refractivity contribution in [2.45, 2.75) is 39.2 Å². The third kappa shape index (κ3) is 2.66. The molecule has 100 valence electrons. The van der Waals surface area contributed by atoms with Crippen LogP contribution in [-0.2, 0) is 0 Å². The minimum Gasteiger partial charge on any atom is -0.371 e. The van der Waals surface area contributed by atoms with Crippen molar-refractivity contribution < 1.29 is 4.39 Å². The molecule has 0 amide bonds. The first-order valence-corrected chi connectivity index (χ1v) is 6.92. The maximum Gasteiger partial charge on any atom is 0.130 e. The lowest BCUT2D eigenvalue weighted by Crippen LogP contribution is -2.23. The van der Waals surface area contributed by atoms with Crippen molar-refractivity contribution in [2.24, 2.45) is 11.7 Å². The molecule has 0 saturated carbocycles. The minimum absolute atomic E-state index is 0.179. The van der Waals surface area contributed by atoms with Crippen LogP contribution in [0.5, 0.6) is 0 Å². The molecule has 1 unspecified atom stereocenters. The van der Waals surface area contributed by atoms with Gasteiger partial charge in [0.2, 0.25) is 0 Å². The fraction of sp³-hybridized carbons (Fsp3) is 0.600. The second-order valence-corrected chi connectivity index (χ2v) is 5.35. The van der Waals surface area contributed by atoms with E-state index in [1.165, 1.54) is 25.3 Å². The van der Waals surface area contributed by atoms with E-state index in [4.69, 9.17) is 5.73 Å². The van der Waals surface area contributed by atoms with Crippen molar-refractivity contribution in [1.82, 2.24) is 0 Å². The quantitative estimate of drug-likeness (QED) is 0.886. The van der Waals surface area contributed by atoms with Gasteiger partial charge in [0.15, 0.2) is 0 Å². The van der Waals surface area contributed by atoms with E-state index in [1.54, 1.807) is 6.07 Å². The fourth-order valence-electron chi connectivity index (χ4n) is 2.95. The van der Waals surface area contributed by atoms with Gasteiger partial charge in [0.1, 0.15) is 5.82 Å². The molecular formula is C15H23FN2. The van der Waals surface area contributed by atoms with E-state index >= 15 is 0 Å². The number of hydrogen-bond donors (Lipinski definition) is 1. The Kier molecular flexibility index (Phi) is 4.23. The van der Waals surface area contributed by atoms with Crippen molar-refractivity contribution >= 4 is 5.69 Å². The Hall–Kier alpha value is -1.09. The van der Waals surface area contributed by atoms with Crippen LogP contribution in [0.3, 0.4) is 0 Å². The summed E-state index contributed by atoms with van der Waals surface area (Å²) in [7, 11) is 0. The van der Waals surface area contributed by atoms with Crippen LogP contribution in [0.1, 0.15) is 44.7 Å². The number of anilines is 1. The highest BCUT2D eigenvalue weighted by Gasteiger charge is 2.25. The number of halogens is 1. The van der Waals surface area contributed by atoms with Crippen molar-refractivity contribution in [3.05, 3.63) is 29.6 Å². The summed E-state index contributed by atoms with van der Waals surface area (Å²) in [5.74, 6) is 0.570. The zero-order valence-electron chi connectivity index (χ0n) is 11.3. The predicted molar refractivity (Wildman–Crippen MR) is 74.2 cm³/mol. The molecule has 0 spiro atoms. The van der Waals surface area contributed by atoms with Crippen molar-refractivity contribution in [3.63, 3.8) is 0 Å². The van der Waals surface area contributed by atoms with Gasteiger partial charge < -0.3 is 10.6 Å². The van der Waals surface area contributed by atoms with Crippen molar-refractivity contribution in [1.29, 1.82) is 0 Å². The topological polar surface area (TPSA) is 29.3 Å². The molecular weight excluding hydrogens is 227 g/mol. The molecule has 0 bridgehead atoms. The summed E-state index contributed by atoms with van der Waals surface area (Å²) in [6.07, 6.45) is 3.70. The van der Waals surface area contributed by atoms with Gasteiger partial charge in [-0.15, -0.1) is 0 Å². The van der Waals surface area contributed by atoms with Gasteiger partial charge in [0, 0.05) is 30.4 Å². The molecule has 1 aromatic carbocycles. The molecule has 1 heterocycles. The lowest BCUT2D eigenvalue weighted by molar-refractivity contribution is 0.529. The number of nitrogens with zero attached hydrogens (tertiary/aromatic N) is 1. The highest BCUT2D eigenvalue weighted by molar-refractivity contribution is 5.56. The van der Waals surface area contributed by atoms with E-state index in [0.717, 1.165) is 24.7 Å². The van der Waals surface area contributed by atoms with E-state index in [-0.39, 0.29) is 11.9 Å². The number of rotatable bonds is 4. The van der Waals surface area contributed by atoms with E-state index in [9.17, 15) is 4.39 Å². The second kappa shape index (κ2) is 5.70. The van der Waals surface area contributed by atoms with E-state index in [0.29, 0.717) is 5.56 Å². The van der Waals surface area contributed by atoms with Gasteiger partial charge in [-0.2, -0.15) is 0 Å². The zero-order valence-corrected chi connectivity index (χ0v) is 11.3. The number of nitrogens with two attached hydrogens (primary N) is 1. The minimum atomic E-state index is -0.258. The SMILES string of the molecule is CCCC1CCN(c2cccc(F)c2[C@@H](C)N)C1. The summed E-state index contributed by atoms with van der Waals surface area (Å²) < 4.78 is 13.9. The van der Waals surface area contributed by atoms with Gasteiger partial charge in [-0.3, -0.25) is 0 Å². The molecule has 2 N–H and O–H groups in total. The van der Waals surface area contributed by atoms with Crippen LogP contribution in [0.25, 0.3) is 0 Å². The lowest BCUT2D eigenvalue weighted by atomic mass is 10.0. The average molecular weight is 250 g/mol. The Morgan fingerprint density at radius 3 is 2.94 bits per heavy atom. The second-order valence-electron chi connectivity index (χ2n) is 5.35. The summed E-state index contributed by atoms with van der Waals surface area (Å²) in [5, 5.41) is 0. The molecule has 2 atom stereocenters. The van der Waals surface area contributed by atoms with Crippen LogP contribution in [-0.4, -0.2) is 13.1 Å². The third-order valence-corrected chi connectivity index (χ3v) is 3.81.